The van der Waals surface area contributed by atoms with Gasteiger partial charge in [0, 0.05) is 35.4 Å². The topological polar surface area (TPSA) is 181 Å². The smallest absolute Gasteiger partial charge is 0.426 e. The zero-order valence-electron chi connectivity index (χ0n) is 16.1. The molecule has 0 saturated carbocycles. The number of phenolic OH excluding ortho intramolecular Hbond substituents is 1. The van der Waals surface area contributed by atoms with Gasteiger partial charge >= 0.3 is 12.4 Å². The number of phenols is 1. The van der Waals surface area contributed by atoms with Crippen molar-refractivity contribution in [1.29, 1.82) is 0 Å². The first-order chi connectivity index (χ1) is 15.1. The average molecular weight is 540 g/mol. The van der Waals surface area contributed by atoms with Crippen LogP contribution in [-0.4, -0.2) is 60.0 Å². The molecule has 0 atom stereocenters. The molecule has 0 radical (unpaired) electrons. The van der Waals surface area contributed by atoms with E-state index in [1.54, 1.807) is 5.32 Å². The number of benzene rings is 2. The van der Waals surface area contributed by atoms with Gasteiger partial charge in [-0.1, -0.05) is 0 Å². The lowest BCUT2D eigenvalue weighted by Crippen LogP contribution is -2.57. The number of carbonyl (C=O) groups is 1. The van der Waals surface area contributed by atoms with Crippen LogP contribution in [0.25, 0.3) is 10.8 Å². The molecule has 2 rings (SSSR count). The third-order valence-electron chi connectivity index (χ3n) is 4.46. The van der Waals surface area contributed by atoms with Gasteiger partial charge in [-0.3, -0.25) is 9.35 Å². The van der Waals surface area contributed by atoms with Gasteiger partial charge in [0.15, 0.2) is 0 Å². The van der Waals surface area contributed by atoms with Gasteiger partial charge in [-0.15, -0.1) is 0 Å². The molecule has 0 unspecified atom stereocenters. The SMILES string of the molecule is O=C(CCC(O)(C(F)(F)F)C(F)(F)F)Nc1cc(S(=O)(=O)[O-])c2cc(O)cc(S(=O)(=O)O)c2c1. The lowest BCUT2D eigenvalue weighted by molar-refractivity contribution is -0.369. The summed E-state index contributed by atoms with van der Waals surface area (Å²) in [6.45, 7) is 0. The summed E-state index contributed by atoms with van der Waals surface area (Å²) in [5.41, 5.74) is -6.02. The molecule has 10 nitrogen and oxygen atoms in total. The molecule has 1 amide bonds. The standard InChI is InChI=1S/C16H13F6NO9S2/c17-15(18,19)14(26,16(20,21)22)2-1-13(25)23-7-3-9-10(11(4-7)33(27,28)29)5-8(24)6-12(9)34(30,31)32/h3-6,24,26H,1-2H2,(H,23,25)(H,27,28,29)(H,30,31,32)/p-1. The summed E-state index contributed by atoms with van der Waals surface area (Å²) in [6.07, 6.45) is -16.2. The van der Waals surface area contributed by atoms with Crippen molar-refractivity contribution >= 4 is 42.6 Å². The summed E-state index contributed by atoms with van der Waals surface area (Å²) < 4.78 is 144. The predicted molar refractivity (Wildman–Crippen MR) is 98.3 cm³/mol. The van der Waals surface area contributed by atoms with E-state index in [0.717, 1.165) is 0 Å². The number of carbonyl (C=O) groups excluding carboxylic acids is 1. The van der Waals surface area contributed by atoms with Crippen molar-refractivity contribution in [1.82, 2.24) is 0 Å². The summed E-state index contributed by atoms with van der Waals surface area (Å²) in [4.78, 5) is 9.57. The van der Waals surface area contributed by atoms with Crippen LogP contribution in [0, 0.1) is 0 Å². The largest absolute Gasteiger partial charge is 0.744 e. The van der Waals surface area contributed by atoms with Gasteiger partial charge in [0.1, 0.15) is 20.8 Å². The lowest BCUT2D eigenvalue weighted by Gasteiger charge is -2.32. The number of alkyl halides is 6. The van der Waals surface area contributed by atoms with E-state index in [1.807, 2.05) is 0 Å². The quantitative estimate of drug-likeness (QED) is 0.316. The summed E-state index contributed by atoms with van der Waals surface area (Å²) in [7, 11) is -10.6. The lowest BCUT2D eigenvalue weighted by atomic mass is 9.96. The van der Waals surface area contributed by atoms with Crippen molar-refractivity contribution in [2.75, 3.05) is 5.32 Å². The number of hydrogen-bond donors (Lipinski definition) is 4. The number of halogens is 6. The van der Waals surface area contributed by atoms with Crippen LogP contribution in [0.5, 0.6) is 5.75 Å². The minimum absolute atomic E-state index is 0.398. The van der Waals surface area contributed by atoms with Gasteiger partial charge < -0.3 is 20.1 Å². The van der Waals surface area contributed by atoms with Gasteiger partial charge in [-0.25, -0.2) is 8.42 Å². The van der Waals surface area contributed by atoms with Crippen LogP contribution < -0.4 is 5.32 Å². The first-order valence-electron chi connectivity index (χ1n) is 8.48. The van der Waals surface area contributed by atoms with E-state index in [1.165, 1.54) is 0 Å². The van der Waals surface area contributed by atoms with Crippen LogP contribution in [0.4, 0.5) is 32.0 Å². The Bertz CT molecular complexity index is 1340. The van der Waals surface area contributed by atoms with E-state index in [9.17, 15) is 62.2 Å². The van der Waals surface area contributed by atoms with Crippen LogP contribution in [0.1, 0.15) is 12.8 Å². The molecule has 0 saturated heterocycles. The Kier molecular flexibility index (Phi) is 6.91. The van der Waals surface area contributed by atoms with Crippen molar-refractivity contribution in [2.45, 2.75) is 40.6 Å². The monoisotopic (exact) mass is 540 g/mol. The first kappa shape index (κ1) is 27.6. The van der Waals surface area contributed by atoms with Crippen LogP contribution in [0.2, 0.25) is 0 Å². The summed E-state index contributed by atoms with van der Waals surface area (Å²) in [5.74, 6) is -2.52. The number of anilines is 1. The predicted octanol–water partition coefficient (Wildman–Crippen LogP) is 2.27. The Balaban J connectivity index is 2.55. The van der Waals surface area contributed by atoms with Crippen molar-refractivity contribution in [3.05, 3.63) is 24.3 Å². The van der Waals surface area contributed by atoms with E-state index in [4.69, 9.17) is 5.11 Å². The molecule has 2 aromatic carbocycles. The Morgan fingerprint density at radius 3 is 1.85 bits per heavy atom. The highest BCUT2D eigenvalue weighted by Crippen LogP contribution is 2.46. The van der Waals surface area contributed by atoms with Crippen molar-refractivity contribution in [3.63, 3.8) is 0 Å². The van der Waals surface area contributed by atoms with Crippen molar-refractivity contribution in [3.8, 4) is 5.75 Å². The van der Waals surface area contributed by atoms with Crippen LogP contribution in [0.15, 0.2) is 34.1 Å². The molecular formula is C16H12F6NO9S2-. The summed E-state index contributed by atoms with van der Waals surface area (Å²) in [5, 5.41) is 18.9. The fourth-order valence-electron chi connectivity index (χ4n) is 2.84. The zero-order chi connectivity index (χ0) is 26.5. The van der Waals surface area contributed by atoms with E-state index >= 15 is 0 Å². The number of fused-ring (bicyclic) bond motifs is 1. The molecular weight excluding hydrogens is 528 g/mol. The molecule has 0 bridgehead atoms. The number of aromatic hydroxyl groups is 1. The van der Waals surface area contributed by atoms with E-state index < -0.39 is 88.9 Å². The molecule has 2 aromatic rings. The van der Waals surface area contributed by atoms with Crippen molar-refractivity contribution in [2.24, 2.45) is 0 Å². The van der Waals surface area contributed by atoms with Gasteiger partial charge in [0.05, 0.1) is 4.90 Å². The second-order valence-electron chi connectivity index (χ2n) is 6.85. The third-order valence-corrected chi connectivity index (χ3v) is 6.23. The number of amides is 1. The molecule has 34 heavy (non-hydrogen) atoms. The van der Waals surface area contributed by atoms with Crippen LogP contribution >= 0.6 is 0 Å². The average Bonchev–Trinajstić information content (AvgIpc) is 2.61. The Labute approximate surface area is 186 Å². The van der Waals surface area contributed by atoms with Gasteiger partial charge in [0.2, 0.25) is 5.91 Å². The summed E-state index contributed by atoms with van der Waals surface area (Å²) >= 11 is 0. The second kappa shape index (κ2) is 8.52. The number of nitrogens with one attached hydrogen (secondary N) is 1. The molecule has 18 heteroatoms. The van der Waals surface area contributed by atoms with E-state index in [0.29, 0.717) is 24.3 Å². The Morgan fingerprint density at radius 1 is 0.912 bits per heavy atom. The molecule has 0 aliphatic carbocycles. The number of hydrogen-bond acceptors (Lipinski definition) is 8. The maximum absolute atomic E-state index is 12.7. The maximum atomic E-state index is 12.7. The molecule has 0 aromatic heterocycles. The number of aliphatic hydroxyl groups is 1. The van der Waals surface area contributed by atoms with Crippen LogP contribution in [-0.2, 0) is 25.0 Å². The molecule has 0 aliphatic heterocycles. The second-order valence-corrected chi connectivity index (χ2v) is 9.58. The van der Waals surface area contributed by atoms with Gasteiger partial charge in [-0.2, -0.15) is 34.8 Å². The maximum Gasteiger partial charge on any atom is 0.426 e. The fourth-order valence-corrected chi connectivity index (χ4v) is 4.26. The molecule has 0 fully saturated rings. The number of rotatable bonds is 6. The molecule has 190 valence electrons. The van der Waals surface area contributed by atoms with Gasteiger partial charge in [-0.05, 0) is 18.2 Å². The highest BCUT2D eigenvalue weighted by atomic mass is 32.2. The van der Waals surface area contributed by atoms with E-state index in [2.05, 4.69) is 0 Å². The highest BCUT2D eigenvalue weighted by Gasteiger charge is 2.69. The first-order valence-corrected chi connectivity index (χ1v) is 11.3. The molecule has 0 heterocycles. The molecule has 4 N–H and O–H groups in total. The zero-order valence-corrected chi connectivity index (χ0v) is 17.7. The van der Waals surface area contributed by atoms with Gasteiger partial charge in [0.25, 0.3) is 15.7 Å². The van der Waals surface area contributed by atoms with Crippen LogP contribution in [0.3, 0.4) is 0 Å². The molecule has 0 aliphatic rings. The Hall–Kier alpha value is -2.67. The Morgan fingerprint density at radius 2 is 1.41 bits per heavy atom. The van der Waals surface area contributed by atoms with E-state index in [-0.39, 0.29) is 0 Å². The fraction of sp³-hybridized carbons (Fsp3) is 0.312. The minimum Gasteiger partial charge on any atom is -0.744 e. The summed E-state index contributed by atoms with van der Waals surface area (Å²) in [6, 6.07) is 2.09. The normalized spacial score (nSPS) is 13.8. The molecule has 0 spiro atoms. The highest BCUT2D eigenvalue weighted by molar-refractivity contribution is 7.86. The third kappa shape index (κ3) is 5.52. The minimum atomic E-state index is -6.20. The van der Waals surface area contributed by atoms with Crippen molar-refractivity contribution < 1.29 is 67.3 Å².